The molecular formula is C17H18ClN3OS. The molecule has 2 aromatic carbocycles. The van der Waals surface area contributed by atoms with Gasteiger partial charge in [-0.05, 0) is 66.7 Å². The summed E-state index contributed by atoms with van der Waals surface area (Å²) in [7, 11) is 0. The predicted molar refractivity (Wildman–Crippen MR) is 99.2 cm³/mol. The van der Waals surface area contributed by atoms with E-state index < -0.39 is 0 Å². The maximum absolute atomic E-state index is 5.85. The van der Waals surface area contributed by atoms with Gasteiger partial charge in [0.2, 0.25) is 0 Å². The lowest BCUT2D eigenvalue weighted by molar-refractivity contribution is 0.306. The first-order valence-electron chi connectivity index (χ1n) is 7.21. The van der Waals surface area contributed by atoms with E-state index in [0.29, 0.717) is 11.7 Å². The first-order chi connectivity index (χ1) is 11.2. The Bertz CT molecular complexity index is 657. The summed E-state index contributed by atoms with van der Waals surface area (Å²) in [4.78, 5) is 0. The van der Waals surface area contributed by atoms with Crippen LogP contribution in [0.4, 0.5) is 0 Å². The molecule has 23 heavy (non-hydrogen) atoms. The van der Waals surface area contributed by atoms with Gasteiger partial charge in [0.15, 0.2) is 5.11 Å². The molecule has 0 atom stereocenters. The van der Waals surface area contributed by atoms with Gasteiger partial charge >= 0.3 is 0 Å². The van der Waals surface area contributed by atoms with Crippen LogP contribution in [0.25, 0.3) is 0 Å². The second-order valence-corrected chi connectivity index (χ2v) is 5.56. The molecule has 0 saturated heterocycles. The van der Waals surface area contributed by atoms with Crippen LogP contribution in [0.3, 0.4) is 0 Å². The molecule has 6 heteroatoms. The standard InChI is InChI=1S/C17H18ClN3OS/c1-2-19-17(23)21-20-11-13-5-9-16(10-6-13)22-12-14-3-7-15(18)8-4-14/h3-11H,2,12H2,1H3,(H2,19,21,23)/b20-11-. The van der Waals surface area contributed by atoms with E-state index in [-0.39, 0.29) is 0 Å². The average Bonchev–Trinajstić information content (AvgIpc) is 2.56. The van der Waals surface area contributed by atoms with Crippen molar-refractivity contribution in [1.29, 1.82) is 0 Å². The zero-order chi connectivity index (χ0) is 16.5. The van der Waals surface area contributed by atoms with Gasteiger partial charge in [-0.25, -0.2) is 0 Å². The fourth-order valence-corrected chi connectivity index (χ4v) is 2.09. The molecule has 0 aromatic heterocycles. The summed E-state index contributed by atoms with van der Waals surface area (Å²) in [6, 6.07) is 15.3. The second-order valence-electron chi connectivity index (χ2n) is 4.71. The van der Waals surface area contributed by atoms with Gasteiger partial charge in [-0.1, -0.05) is 23.7 Å². The highest BCUT2D eigenvalue weighted by Crippen LogP contribution is 2.15. The number of halogens is 1. The Balaban J connectivity index is 1.83. The smallest absolute Gasteiger partial charge is 0.186 e. The number of hydrogen-bond acceptors (Lipinski definition) is 3. The van der Waals surface area contributed by atoms with Gasteiger partial charge in [-0.3, -0.25) is 5.43 Å². The van der Waals surface area contributed by atoms with Gasteiger partial charge in [0.1, 0.15) is 12.4 Å². The zero-order valence-electron chi connectivity index (χ0n) is 12.8. The highest BCUT2D eigenvalue weighted by Gasteiger charge is 1.97. The molecule has 0 heterocycles. The molecular weight excluding hydrogens is 330 g/mol. The number of nitrogens with one attached hydrogen (secondary N) is 2. The second kappa shape index (κ2) is 9.12. The Morgan fingerprint density at radius 1 is 1.17 bits per heavy atom. The fraction of sp³-hybridized carbons (Fsp3) is 0.176. The minimum Gasteiger partial charge on any atom is -0.489 e. The van der Waals surface area contributed by atoms with Gasteiger partial charge in [-0.2, -0.15) is 5.10 Å². The van der Waals surface area contributed by atoms with Crippen LogP contribution in [0.1, 0.15) is 18.1 Å². The molecule has 0 spiro atoms. The van der Waals surface area contributed by atoms with E-state index in [2.05, 4.69) is 15.8 Å². The minimum atomic E-state index is 0.503. The van der Waals surface area contributed by atoms with Gasteiger partial charge in [-0.15, -0.1) is 0 Å². The van der Waals surface area contributed by atoms with Crippen LogP contribution in [0.2, 0.25) is 5.02 Å². The first-order valence-corrected chi connectivity index (χ1v) is 8.00. The summed E-state index contributed by atoms with van der Waals surface area (Å²) in [5.74, 6) is 0.799. The van der Waals surface area contributed by atoms with Crippen LogP contribution in [-0.4, -0.2) is 17.9 Å². The van der Waals surface area contributed by atoms with Crippen LogP contribution in [-0.2, 0) is 6.61 Å². The van der Waals surface area contributed by atoms with E-state index in [1.54, 1.807) is 6.21 Å². The topological polar surface area (TPSA) is 45.7 Å². The molecule has 2 aromatic rings. The molecule has 0 aliphatic carbocycles. The quantitative estimate of drug-likeness (QED) is 0.475. The summed E-state index contributed by atoms with van der Waals surface area (Å²) in [6.07, 6.45) is 1.70. The lowest BCUT2D eigenvalue weighted by atomic mass is 10.2. The van der Waals surface area contributed by atoms with Crippen LogP contribution < -0.4 is 15.5 Å². The molecule has 0 bridgehead atoms. The highest BCUT2D eigenvalue weighted by atomic mass is 35.5. The lowest BCUT2D eigenvalue weighted by Gasteiger charge is -2.06. The maximum atomic E-state index is 5.85. The number of rotatable bonds is 6. The van der Waals surface area contributed by atoms with Crippen molar-refractivity contribution in [1.82, 2.24) is 10.7 Å². The van der Waals surface area contributed by atoms with Crippen molar-refractivity contribution < 1.29 is 4.74 Å². The molecule has 120 valence electrons. The molecule has 0 fully saturated rings. The Hall–Kier alpha value is -2.11. The molecule has 2 rings (SSSR count). The Labute approximate surface area is 146 Å². The number of hydrogen-bond donors (Lipinski definition) is 2. The van der Waals surface area contributed by atoms with E-state index in [0.717, 1.165) is 28.4 Å². The normalized spacial score (nSPS) is 10.5. The molecule has 0 amide bonds. The van der Waals surface area contributed by atoms with Crippen LogP contribution in [0.5, 0.6) is 5.75 Å². The number of nitrogens with zero attached hydrogens (tertiary/aromatic N) is 1. The molecule has 0 aliphatic rings. The lowest BCUT2D eigenvalue weighted by Crippen LogP contribution is -2.31. The number of hydrazone groups is 1. The van der Waals surface area contributed by atoms with E-state index in [4.69, 9.17) is 28.6 Å². The molecule has 2 N–H and O–H groups in total. The van der Waals surface area contributed by atoms with Crippen molar-refractivity contribution >= 4 is 35.1 Å². The first kappa shape index (κ1) is 17.2. The third-order valence-corrected chi connectivity index (χ3v) is 3.40. The minimum absolute atomic E-state index is 0.503. The van der Waals surface area contributed by atoms with Crippen LogP contribution in [0.15, 0.2) is 53.6 Å². The van der Waals surface area contributed by atoms with Gasteiger partial charge in [0.25, 0.3) is 0 Å². The predicted octanol–water partition coefficient (Wildman–Crippen LogP) is 3.74. The van der Waals surface area contributed by atoms with Crippen molar-refractivity contribution in [2.45, 2.75) is 13.5 Å². The Morgan fingerprint density at radius 3 is 2.52 bits per heavy atom. The maximum Gasteiger partial charge on any atom is 0.186 e. The monoisotopic (exact) mass is 347 g/mol. The SMILES string of the molecule is CCNC(=S)N/N=C\c1ccc(OCc2ccc(Cl)cc2)cc1. The highest BCUT2D eigenvalue weighted by molar-refractivity contribution is 7.80. The third-order valence-electron chi connectivity index (χ3n) is 2.92. The zero-order valence-corrected chi connectivity index (χ0v) is 14.3. The van der Waals surface area contributed by atoms with Crippen LogP contribution >= 0.6 is 23.8 Å². The molecule has 0 unspecified atom stereocenters. The Morgan fingerprint density at radius 2 is 1.87 bits per heavy atom. The Kier molecular flexibility index (Phi) is 6.84. The summed E-state index contributed by atoms with van der Waals surface area (Å²) >= 11 is 10.9. The van der Waals surface area contributed by atoms with E-state index >= 15 is 0 Å². The van der Waals surface area contributed by atoms with Crippen molar-refractivity contribution in [3.63, 3.8) is 0 Å². The molecule has 0 aliphatic heterocycles. The van der Waals surface area contributed by atoms with Crippen molar-refractivity contribution in [2.24, 2.45) is 5.10 Å². The van der Waals surface area contributed by atoms with Crippen LogP contribution in [0, 0.1) is 0 Å². The third kappa shape index (κ3) is 6.26. The molecule has 0 saturated carbocycles. The summed E-state index contributed by atoms with van der Waals surface area (Å²) in [6.45, 7) is 3.24. The number of ether oxygens (including phenoxy) is 1. The summed E-state index contributed by atoms with van der Waals surface area (Å²) in [5, 5.41) is 8.24. The molecule has 0 radical (unpaired) electrons. The van der Waals surface area contributed by atoms with Gasteiger partial charge in [0, 0.05) is 11.6 Å². The largest absolute Gasteiger partial charge is 0.489 e. The van der Waals surface area contributed by atoms with Crippen molar-refractivity contribution in [3.05, 3.63) is 64.7 Å². The average molecular weight is 348 g/mol. The fourth-order valence-electron chi connectivity index (χ4n) is 1.76. The van der Waals surface area contributed by atoms with Crippen molar-refractivity contribution in [3.8, 4) is 5.75 Å². The summed E-state index contributed by atoms with van der Waals surface area (Å²) in [5.41, 5.74) is 4.77. The molecule has 4 nitrogen and oxygen atoms in total. The van der Waals surface area contributed by atoms with Gasteiger partial charge in [0.05, 0.1) is 6.21 Å². The van der Waals surface area contributed by atoms with E-state index in [1.807, 2.05) is 55.5 Å². The van der Waals surface area contributed by atoms with E-state index in [1.165, 1.54) is 0 Å². The van der Waals surface area contributed by atoms with Gasteiger partial charge < -0.3 is 10.1 Å². The number of benzene rings is 2. The summed E-state index contributed by atoms with van der Waals surface area (Å²) < 4.78 is 5.73. The number of thiocarbonyl (C=S) groups is 1. The van der Waals surface area contributed by atoms with Crippen molar-refractivity contribution in [2.75, 3.05) is 6.54 Å². The van der Waals surface area contributed by atoms with E-state index in [9.17, 15) is 0 Å².